The van der Waals surface area contributed by atoms with Crippen LogP contribution >= 0.6 is 28.4 Å². The first-order chi connectivity index (χ1) is 10.6. The highest BCUT2D eigenvalue weighted by molar-refractivity contribution is 14.2. The van der Waals surface area contributed by atoms with Gasteiger partial charge in [0.15, 0.2) is 0 Å². The molecule has 3 aromatic rings. The third kappa shape index (κ3) is 2.89. The number of nitro benzene ring substituents is 1. The van der Waals surface area contributed by atoms with Crippen molar-refractivity contribution in [1.82, 2.24) is 9.55 Å². The number of nitrogens with one attached hydrogen (secondary N) is 1. The van der Waals surface area contributed by atoms with Gasteiger partial charge in [-0.1, -0.05) is 0 Å². The van der Waals surface area contributed by atoms with E-state index in [1.807, 2.05) is 0 Å². The molecule has 0 aliphatic carbocycles. The summed E-state index contributed by atoms with van der Waals surface area (Å²) in [7, 11) is 0. The zero-order valence-electron chi connectivity index (χ0n) is 11.0. The molecule has 0 fully saturated rings. The minimum atomic E-state index is -0.445. The molecule has 22 heavy (non-hydrogen) atoms. The van der Waals surface area contributed by atoms with Gasteiger partial charge in [-0.3, -0.25) is 10.1 Å². The second kappa shape index (κ2) is 6.13. The van der Waals surface area contributed by atoms with Gasteiger partial charge in [0.25, 0.3) is 5.69 Å². The molecular weight excluding hydrogens is 421 g/mol. The molecule has 112 valence electrons. The Morgan fingerprint density at radius 3 is 2.68 bits per heavy atom. The maximum Gasteiger partial charge on any atom is 0.294 e. The van der Waals surface area contributed by atoms with Gasteiger partial charge in [0.1, 0.15) is 11.5 Å². The Bertz CT molecular complexity index is 853. The van der Waals surface area contributed by atoms with Crippen LogP contribution in [0.3, 0.4) is 0 Å². The number of anilines is 2. The lowest BCUT2D eigenvalue weighted by atomic mass is 10.2. The van der Waals surface area contributed by atoms with E-state index < -0.39 is 4.92 Å². The summed E-state index contributed by atoms with van der Waals surface area (Å²) in [5, 5.41) is 19.3. The van der Waals surface area contributed by atoms with Crippen LogP contribution in [0.4, 0.5) is 21.5 Å². The SMILES string of the molecule is O=[N+]([O-])c1cc2c(cnn2PI)cc1Nc1ccc(F)cc1. The predicted molar refractivity (Wildman–Crippen MR) is 93.8 cm³/mol. The van der Waals surface area contributed by atoms with Gasteiger partial charge in [0.2, 0.25) is 0 Å². The minimum Gasteiger partial charge on any atom is -0.350 e. The maximum absolute atomic E-state index is 12.9. The summed E-state index contributed by atoms with van der Waals surface area (Å²) in [4.78, 5) is 10.9. The van der Waals surface area contributed by atoms with Crippen molar-refractivity contribution >= 4 is 56.4 Å². The summed E-state index contributed by atoms with van der Waals surface area (Å²) in [5.41, 5.74) is 1.59. The van der Waals surface area contributed by atoms with Crippen molar-refractivity contribution in [2.24, 2.45) is 0 Å². The number of nitrogens with zero attached hydrogens (tertiary/aromatic N) is 3. The van der Waals surface area contributed by atoms with Crippen molar-refractivity contribution in [3.8, 4) is 0 Å². The van der Waals surface area contributed by atoms with Crippen LogP contribution in [0, 0.1) is 15.9 Å². The Labute approximate surface area is 139 Å². The van der Waals surface area contributed by atoms with Gasteiger partial charge < -0.3 is 5.32 Å². The average Bonchev–Trinajstić information content (AvgIpc) is 2.90. The fourth-order valence-electron chi connectivity index (χ4n) is 2.07. The van der Waals surface area contributed by atoms with Crippen LogP contribution in [0.2, 0.25) is 0 Å². The monoisotopic (exact) mass is 430 g/mol. The molecule has 2 aromatic carbocycles. The Morgan fingerprint density at radius 1 is 1.32 bits per heavy atom. The van der Waals surface area contributed by atoms with E-state index in [-0.39, 0.29) is 11.5 Å². The molecule has 0 saturated carbocycles. The van der Waals surface area contributed by atoms with Crippen molar-refractivity contribution in [2.45, 2.75) is 0 Å². The van der Waals surface area contributed by atoms with Crippen LogP contribution in [0.15, 0.2) is 42.6 Å². The third-order valence-electron chi connectivity index (χ3n) is 3.09. The molecule has 6 nitrogen and oxygen atoms in total. The van der Waals surface area contributed by atoms with Crippen LogP contribution < -0.4 is 5.32 Å². The average molecular weight is 430 g/mol. The minimum absolute atomic E-state index is 0.0479. The van der Waals surface area contributed by atoms with E-state index in [1.54, 1.807) is 16.7 Å². The molecular formula is C13H9FIN4O2P. The second-order valence-electron chi connectivity index (χ2n) is 4.46. The number of halogens is 2. The van der Waals surface area contributed by atoms with Crippen molar-refractivity contribution in [2.75, 3.05) is 5.32 Å². The molecule has 0 aliphatic rings. The topological polar surface area (TPSA) is 73.0 Å². The van der Waals surface area contributed by atoms with Crippen molar-refractivity contribution in [1.29, 1.82) is 0 Å². The van der Waals surface area contributed by atoms with Crippen molar-refractivity contribution < 1.29 is 9.31 Å². The quantitative estimate of drug-likeness (QED) is 0.284. The highest BCUT2D eigenvalue weighted by Crippen LogP contribution is 2.35. The van der Waals surface area contributed by atoms with Gasteiger partial charge in [-0.05, 0) is 52.4 Å². The van der Waals surface area contributed by atoms with E-state index in [9.17, 15) is 14.5 Å². The van der Waals surface area contributed by atoms with Gasteiger partial charge >= 0.3 is 0 Å². The summed E-state index contributed by atoms with van der Waals surface area (Å²) >= 11 is 2.16. The Morgan fingerprint density at radius 2 is 2.05 bits per heavy atom. The smallest absolute Gasteiger partial charge is 0.294 e. The van der Waals surface area contributed by atoms with E-state index in [0.717, 1.165) is 5.39 Å². The van der Waals surface area contributed by atoms with Crippen molar-refractivity contribution in [3.05, 3.63) is 58.5 Å². The van der Waals surface area contributed by atoms with E-state index in [0.29, 0.717) is 23.3 Å². The third-order valence-corrected chi connectivity index (χ3v) is 4.97. The summed E-state index contributed by atoms with van der Waals surface area (Å²) in [6.45, 7) is 0. The van der Waals surface area contributed by atoms with E-state index in [2.05, 4.69) is 32.5 Å². The Hall–Kier alpha value is -1.80. The Kier molecular flexibility index (Phi) is 4.21. The lowest BCUT2D eigenvalue weighted by Gasteiger charge is -2.08. The lowest BCUT2D eigenvalue weighted by molar-refractivity contribution is -0.383. The van der Waals surface area contributed by atoms with Crippen LogP contribution in [-0.4, -0.2) is 14.5 Å². The number of fused-ring (bicyclic) bond motifs is 1. The van der Waals surface area contributed by atoms with Gasteiger partial charge in [0, 0.05) is 17.1 Å². The highest BCUT2D eigenvalue weighted by Gasteiger charge is 2.17. The first-order valence-electron chi connectivity index (χ1n) is 6.14. The van der Waals surface area contributed by atoms with E-state index in [1.165, 1.54) is 30.3 Å². The molecule has 9 heteroatoms. The fourth-order valence-corrected chi connectivity index (χ4v) is 3.61. The van der Waals surface area contributed by atoms with E-state index >= 15 is 0 Å². The molecule has 1 atom stereocenters. The largest absolute Gasteiger partial charge is 0.350 e. The lowest BCUT2D eigenvalue weighted by Crippen LogP contribution is -1.97. The standard InChI is InChI=1S/C13H9FIN4O2P/c14-9-1-3-10(4-2-9)17-11-5-8-7-16-18(22-15)12(8)6-13(11)19(20)21/h1-7,17,22H. The molecule has 0 bridgehead atoms. The molecule has 1 aromatic heterocycles. The van der Waals surface area contributed by atoms with E-state index in [4.69, 9.17) is 0 Å². The Balaban J connectivity index is 2.09. The molecule has 1 N–H and O–H groups in total. The molecule has 0 amide bonds. The zero-order chi connectivity index (χ0) is 15.7. The van der Waals surface area contributed by atoms with Crippen molar-refractivity contribution in [3.63, 3.8) is 0 Å². The molecule has 0 aliphatic heterocycles. The summed E-state index contributed by atoms with van der Waals surface area (Å²) < 4.78 is 14.6. The first-order valence-corrected chi connectivity index (χ1v) is 10.2. The zero-order valence-corrected chi connectivity index (χ0v) is 14.1. The number of hydrogen-bond donors (Lipinski definition) is 1. The normalized spacial score (nSPS) is 11.4. The highest BCUT2D eigenvalue weighted by atomic mass is 127. The fraction of sp³-hybridized carbons (Fsp3) is 0. The number of aromatic nitrogens is 2. The summed E-state index contributed by atoms with van der Waals surface area (Å²) in [6.07, 6.45) is 2.03. The van der Waals surface area contributed by atoms with Gasteiger partial charge in [-0.25, -0.2) is 8.84 Å². The van der Waals surface area contributed by atoms with Crippen LogP contribution in [0.25, 0.3) is 10.9 Å². The van der Waals surface area contributed by atoms with Crippen LogP contribution in [0.1, 0.15) is 0 Å². The molecule has 1 unspecified atom stereocenters. The molecule has 3 rings (SSSR count). The maximum atomic E-state index is 12.9. The molecule has 0 spiro atoms. The molecule has 0 saturated heterocycles. The van der Waals surface area contributed by atoms with Gasteiger partial charge in [-0.15, -0.1) is 0 Å². The summed E-state index contributed by atoms with van der Waals surface area (Å²) in [6, 6.07) is 8.82. The van der Waals surface area contributed by atoms with Gasteiger partial charge in [-0.2, -0.15) is 5.10 Å². The summed E-state index contributed by atoms with van der Waals surface area (Å²) in [5.74, 6) is -0.361. The van der Waals surface area contributed by atoms with Crippen LogP contribution in [-0.2, 0) is 0 Å². The number of hydrogen-bond acceptors (Lipinski definition) is 4. The number of benzene rings is 2. The molecule has 0 radical (unpaired) electrons. The first kappa shape index (κ1) is 15.1. The molecule has 1 heterocycles. The predicted octanol–water partition coefficient (Wildman–Crippen LogP) is 4.62. The van der Waals surface area contributed by atoms with Gasteiger partial charge in [0.05, 0.1) is 23.0 Å². The number of rotatable bonds is 4. The number of nitro groups is 1. The van der Waals surface area contributed by atoms with Crippen LogP contribution in [0.5, 0.6) is 0 Å². The second-order valence-corrected chi connectivity index (χ2v) is 6.50.